The van der Waals surface area contributed by atoms with Crippen LogP contribution in [0.15, 0.2) is 23.8 Å². The van der Waals surface area contributed by atoms with Crippen LogP contribution in [-0.4, -0.2) is 40.3 Å². The number of carboxylic acids is 1. The number of allylic oxidation sites excluding steroid dienone is 2. The first-order valence-electron chi connectivity index (χ1n) is 11.3. The minimum absolute atomic E-state index is 0.195. The van der Waals surface area contributed by atoms with Gasteiger partial charge in [-0.3, -0.25) is 4.79 Å². The molecule has 9 nitrogen and oxygen atoms in total. The number of unbranched alkanes of at least 4 members (excludes halogenated alkanes) is 6. The van der Waals surface area contributed by atoms with Crippen molar-refractivity contribution in [2.45, 2.75) is 85.5 Å². The number of hydrogen-bond donors (Lipinski definition) is 3. The van der Waals surface area contributed by atoms with Crippen LogP contribution in [0.4, 0.5) is 0 Å². The molecule has 9 heteroatoms. The number of ketones is 1. The van der Waals surface area contributed by atoms with Gasteiger partial charge in [0.15, 0.2) is 30.1 Å². The van der Waals surface area contributed by atoms with Gasteiger partial charge < -0.3 is 15.3 Å². The van der Waals surface area contributed by atoms with E-state index in [1.807, 2.05) is 6.92 Å². The second-order valence-corrected chi connectivity index (χ2v) is 8.26. The van der Waals surface area contributed by atoms with Crippen LogP contribution < -0.4 is 0 Å². The number of aliphatic carboxylic acids is 1. The van der Waals surface area contributed by atoms with Gasteiger partial charge in [0.05, 0.1) is 0 Å². The Balaban J connectivity index is -0.000000186. The lowest BCUT2D eigenvalue weighted by Gasteiger charge is -2.29. The van der Waals surface area contributed by atoms with Gasteiger partial charge in [0.2, 0.25) is 0 Å². The van der Waals surface area contributed by atoms with E-state index in [1.165, 1.54) is 49.1 Å². The van der Waals surface area contributed by atoms with E-state index in [4.69, 9.17) is 36.4 Å². The number of nitrogens with zero attached hydrogens (tertiary/aromatic N) is 4. The molecule has 0 unspecified atom stereocenters. The van der Waals surface area contributed by atoms with Crippen molar-refractivity contribution in [3.8, 4) is 24.3 Å². The Morgan fingerprint density at radius 3 is 1.40 bits per heavy atom. The van der Waals surface area contributed by atoms with E-state index in [0.29, 0.717) is 19.0 Å². The predicted molar refractivity (Wildman–Crippen MR) is 133 cm³/mol. The summed E-state index contributed by atoms with van der Waals surface area (Å²) in [6.07, 6.45) is 10.5. The highest BCUT2D eigenvalue weighted by Gasteiger charge is 2.28. The van der Waals surface area contributed by atoms with Crippen molar-refractivity contribution in [1.82, 2.24) is 0 Å². The Morgan fingerprint density at radius 2 is 1.17 bits per heavy atom. The number of carbonyl (C=O) groups excluding carboxylic acids is 1. The molecule has 0 aromatic heterocycles. The fourth-order valence-corrected chi connectivity index (χ4v) is 2.83. The number of rotatable bonds is 9. The Kier molecular flexibility index (Phi) is 31.6. The molecule has 0 aromatic rings. The number of hydrogen-bond acceptors (Lipinski definition) is 8. The predicted octanol–water partition coefficient (Wildman–Crippen LogP) is 4.74. The molecule has 1 aliphatic carbocycles. The van der Waals surface area contributed by atoms with Crippen molar-refractivity contribution in [2.75, 3.05) is 13.2 Å². The Hall–Kier alpha value is -3.50. The van der Waals surface area contributed by atoms with Crippen LogP contribution in [0.1, 0.15) is 85.5 Å². The van der Waals surface area contributed by atoms with Gasteiger partial charge in [-0.05, 0) is 44.1 Å². The van der Waals surface area contributed by atoms with Crippen molar-refractivity contribution in [2.24, 2.45) is 5.41 Å². The zero-order valence-corrected chi connectivity index (χ0v) is 21.5. The van der Waals surface area contributed by atoms with E-state index < -0.39 is 5.97 Å². The summed E-state index contributed by atoms with van der Waals surface area (Å²) in [5.41, 5.74) is 2.45. The van der Waals surface area contributed by atoms with Gasteiger partial charge in [-0.15, -0.1) is 0 Å². The number of carbonyl (C=O) groups is 2. The maximum Gasteiger partial charge on any atom is 0.327 e. The van der Waals surface area contributed by atoms with E-state index in [1.54, 1.807) is 0 Å². The summed E-state index contributed by atoms with van der Waals surface area (Å²) in [7, 11) is 0. The van der Waals surface area contributed by atoms with Crippen molar-refractivity contribution in [3.63, 3.8) is 0 Å². The van der Waals surface area contributed by atoms with E-state index in [2.05, 4.69) is 27.4 Å². The van der Waals surface area contributed by atoms with E-state index in [9.17, 15) is 9.59 Å². The Morgan fingerprint density at radius 1 is 0.857 bits per heavy atom. The van der Waals surface area contributed by atoms with Crippen LogP contribution in [0.25, 0.3) is 0 Å². The van der Waals surface area contributed by atoms with Crippen LogP contribution >= 0.6 is 0 Å². The average Bonchev–Trinajstić information content (AvgIpc) is 2.82. The summed E-state index contributed by atoms with van der Waals surface area (Å²) in [6.45, 7) is 11.9. The molecule has 0 atom stereocenters. The van der Waals surface area contributed by atoms with Gasteiger partial charge in [-0.2, -0.15) is 21.0 Å². The first-order valence-corrected chi connectivity index (χ1v) is 11.3. The van der Waals surface area contributed by atoms with Crippen LogP contribution in [0.3, 0.4) is 0 Å². The second-order valence-electron chi connectivity index (χ2n) is 8.26. The molecule has 3 N–H and O–H groups in total. The first-order chi connectivity index (χ1) is 16.4. The minimum atomic E-state index is -0.981. The highest BCUT2D eigenvalue weighted by atomic mass is 16.4. The summed E-state index contributed by atoms with van der Waals surface area (Å²) in [4.78, 5) is 20.6. The van der Waals surface area contributed by atoms with Gasteiger partial charge >= 0.3 is 5.97 Å². The highest BCUT2D eigenvalue weighted by molar-refractivity contribution is 5.96. The molecule has 0 saturated carbocycles. The Bertz CT molecular complexity index is 735. The van der Waals surface area contributed by atoms with Gasteiger partial charge in [0.25, 0.3) is 0 Å². The van der Waals surface area contributed by atoms with Crippen molar-refractivity contribution in [3.05, 3.63) is 23.8 Å². The number of nitriles is 4. The largest absolute Gasteiger partial charge is 0.478 e. The number of carboxylic acid groups (broad SMARTS) is 1. The molecule has 0 aromatic carbocycles. The fourth-order valence-electron chi connectivity index (χ4n) is 2.83. The molecule has 0 radical (unpaired) electrons. The molecule has 0 fully saturated rings. The summed E-state index contributed by atoms with van der Waals surface area (Å²) in [5, 5.41) is 53.6. The summed E-state index contributed by atoms with van der Waals surface area (Å²) < 4.78 is 0. The van der Waals surface area contributed by atoms with Gasteiger partial charge in [0, 0.05) is 25.7 Å². The standard InChI is InChI=1S/C10H16O.C9H20O2.C3H4O2.2C2N2/c1-7-5-10(3,4)6-9(11)8(7)2;10-8-6-4-2-1-3-5-7-9-11;1-2-3(4)5;2*3-1-2-4/h5-6H2,1-4H3;10-11H,1-9H2;2H,1H2,(H,4,5);;. The van der Waals surface area contributed by atoms with Gasteiger partial charge in [-0.1, -0.05) is 58.1 Å². The van der Waals surface area contributed by atoms with E-state index >= 15 is 0 Å². The summed E-state index contributed by atoms with van der Waals surface area (Å²) in [6, 6.07) is 4.94. The minimum Gasteiger partial charge on any atom is -0.478 e. The SMILES string of the molecule is C=CC(=O)O.CC1=C(C)C(=O)CC(C)(C)C1.N#CC#N.N#CC#N.OCCCCCCCCCO. The van der Waals surface area contributed by atoms with Crippen molar-refractivity contribution in [1.29, 1.82) is 21.0 Å². The molecule has 0 saturated heterocycles. The zero-order chi connectivity index (χ0) is 28.1. The lowest BCUT2D eigenvalue weighted by atomic mass is 9.74. The molecule has 0 bridgehead atoms. The van der Waals surface area contributed by atoms with Crippen LogP contribution in [-0.2, 0) is 9.59 Å². The molecular weight excluding hydrogens is 448 g/mol. The average molecular weight is 489 g/mol. The number of aliphatic hydroxyl groups is 2. The number of Topliss-reactive ketones (excluding diaryl/α,β-unsaturated/α-hetero) is 1. The third-order valence-electron chi connectivity index (χ3n) is 4.53. The van der Waals surface area contributed by atoms with E-state index in [-0.39, 0.29) is 5.41 Å². The quantitative estimate of drug-likeness (QED) is 0.304. The molecule has 0 spiro atoms. The van der Waals surface area contributed by atoms with Crippen LogP contribution in [0, 0.1) is 50.7 Å². The molecule has 194 valence electrons. The summed E-state index contributed by atoms with van der Waals surface area (Å²) in [5.74, 6) is -0.649. The van der Waals surface area contributed by atoms with E-state index in [0.717, 1.165) is 50.2 Å². The van der Waals surface area contributed by atoms with Crippen LogP contribution in [0.2, 0.25) is 0 Å². The van der Waals surface area contributed by atoms with Gasteiger partial charge in [-0.25, -0.2) is 4.79 Å². The molecule has 1 aliphatic rings. The van der Waals surface area contributed by atoms with Crippen LogP contribution in [0.5, 0.6) is 0 Å². The lowest BCUT2D eigenvalue weighted by molar-refractivity contribution is -0.131. The third kappa shape index (κ3) is 35.3. The number of aliphatic hydroxyl groups excluding tert-OH is 2. The lowest BCUT2D eigenvalue weighted by Crippen LogP contribution is -2.23. The molecule has 0 aliphatic heterocycles. The topological polar surface area (TPSA) is 190 Å². The monoisotopic (exact) mass is 488 g/mol. The van der Waals surface area contributed by atoms with Crippen molar-refractivity contribution >= 4 is 11.8 Å². The third-order valence-corrected chi connectivity index (χ3v) is 4.53. The molecule has 1 rings (SSSR count). The first kappa shape index (κ1) is 38.7. The second kappa shape index (κ2) is 28.5. The van der Waals surface area contributed by atoms with Gasteiger partial charge in [0.1, 0.15) is 0 Å². The highest BCUT2D eigenvalue weighted by Crippen LogP contribution is 2.36. The smallest absolute Gasteiger partial charge is 0.327 e. The normalized spacial score (nSPS) is 12.3. The maximum absolute atomic E-state index is 11.4. The van der Waals surface area contributed by atoms with Crippen molar-refractivity contribution < 1.29 is 24.9 Å². The molecule has 35 heavy (non-hydrogen) atoms. The maximum atomic E-state index is 11.4. The molecule has 0 heterocycles. The Labute approximate surface area is 210 Å². The fraction of sp³-hybridized carbons (Fsp3) is 0.615. The summed E-state index contributed by atoms with van der Waals surface area (Å²) >= 11 is 0. The zero-order valence-electron chi connectivity index (χ0n) is 21.5. The molecular formula is C26H40N4O5. The molecule has 0 amide bonds.